The number of nitrogens with zero attached hydrogens (tertiary/aromatic N) is 2. The molecule has 0 radical (unpaired) electrons. The van der Waals surface area contributed by atoms with E-state index in [1.807, 2.05) is 0 Å². The van der Waals surface area contributed by atoms with Crippen molar-refractivity contribution < 1.29 is 27.1 Å². The predicted octanol–water partition coefficient (Wildman–Crippen LogP) is 2.93. The van der Waals surface area contributed by atoms with Crippen molar-refractivity contribution in [1.29, 1.82) is 0 Å². The standard InChI is InChI=1S/C24H32FN3O5S/c1-17(23(30)26-24(2,3)4)27(15-18-10-7-8-13-21(18)25)22(29)16-28(34(6,31)32)19-11-9-12-20(14-19)33-5/h7-14,17H,15-16H2,1-6H3,(H,26,30)/t17-/m0/s1. The largest absolute Gasteiger partial charge is 0.497 e. The topological polar surface area (TPSA) is 96.0 Å². The Morgan fingerprint density at radius 3 is 2.32 bits per heavy atom. The molecule has 0 saturated heterocycles. The molecule has 2 amide bonds. The number of hydrogen-bond acceptors (Lipinski definition) is 5. The Kier molecular flexibility index (Phi) is 8.66. The fraction of sp³-hybridized carbons (Fsp3) is 0.417. The lowest BCUT2D eigenvalue weighted by molar-refractivity contribution is -0.140. The number of hydrogen-bond donors (Lipinski definition) is 1. The van der Waals surface area contributed by atoms with Gasteiger partial charge in [-0.3, -0.25) is 13.9 Å². The van der Waals surface area contributed by atoms with Crippen LogP contribution >= 0.6 is 0 Å². The second-order valence-corrected chi connectivity index (χ2v) is 10.9. The molecule has 0 unspecified atom stereocenters. The van der Waals surface area contributed by atoms with Gasteiger partial charge in [0.15, 0.2) is 0 Å². The van der Waals surface area contributed by atoms with Gasteiger partial charge in [-0.15, -0.1) is 0 Å². The minimum Gasteiger partial charge on any atom is -0.497 e. The van der Waals surface area contributed by atoms with Gasteiger partial charge < -0.3 is 15.0 Å². The van der Waals surface area contributed by atoms with Gasteiger partial charge in [-0.05, 0) is 45.9 Å². The van der Waals surface area contributed by atoms with Gasteiger partial charge in [0.1, 0.15) is 24.2 Å². The SMILES string of the molecule is COc1cccc(N(CC(=O)N(Cc2ccccc2F)[C@@H](C)C(=O)NC(C)(C)C)S(C)(=O)=O)c1. The number of methoxy groups -OCH3 is 1. The molecule has 0 aromatic heterocycles. The van der Waals surface area contributed by atoms with Crippen LogP contribution in [0.15, 0.2) is 48.5 Å². The van der Waals surface area contributed by atoms with Crippen LogP contribution in [0.3, 0.4) is 0 Å². The molecule has 0 spiro atoms. The van der Waals surface area contributed by atoms with E-state index in [4.69, 9.17) is 4.74 Å². The summed E-state index contributed by atoms with van der Waals surface area (Å²) in [5, 5.41) is 2.81. The highest BCUT2D eigenvalue weighted by atomic mass is 32.2. The molecule has 0 fully saturated rings. The highest BCUT2D eigenvalue weighted by Crippen LogP contribution is 2.24. The maximum atomic E-state index is 14.4. The van der Waals surface area contributed by atoms with Crippen molar-refractivity contribution in [2.24, 2.45) is 0 Å². The molecule has 8 nitrogen and oxygen atoms in total. The van der Waals surface area contributed by atoms with Crippen LogP contribution in [-0.2, 0) is 26.2 Å². The van der Waals surface area contributed by atoms with E-state index in [1.165, 1.54) is 49.3 Å². The van der Waals surface area contributed by atoms with E-state index < -0.39 is 45.8 Å². The van der Waals surface area contributed by atoms with Crippen LogP contribution in [0.25, 0.3) is 0 Å². The van der Waals surface area contributed by atoms with E-state index >= 15 is 0 Å². The van der Waals surface area contributed by atoms with Gasteiger partial charge in [-0.1, -0.05) is 24.3 Å². The first-order valence-electron chi connectivity index (χ1n) is 10.7. The molecular weight excluding hydrogens is 461 g/mol. The number of ether oxygens (including phenoxy) is 1. The maximum absolute atomic E-state index is 14.4. The van der Waals surface area contributed by atoms with Crippen molar-refractivity contribution in [2.75, 3.05) is 24.2 Å². The monoisotopic (exact) mass is 493 g/mol. The predicted molar refractivity (Wildman–Crippen MR) is 129 cm³/mol. The Bertz CT molecular complexity index is 1130. The van der Waals surface area contributed by atoms with Gasteiger partial charge in [-0.25, -0.2) is 12.8 Å². The van der Waals surface area contributed by atoms with Gasteiger partial charge in [0, 0.05) is 23.7 Å². The number of halogens is 1. The lowest BCUT2D eigenvalue weighted by Crippen LogP contribution is -2.54. The van der Waals surface area contributed by atoms with E-state index in [0.717, 1.165) is 10.6 Å². The Morgan fingerprint density at radius 2 is 1.76 bits per heavy atom. The fourth-order valence-electron chi connectivity index (χ4n) is 3.25. The molecule has 2 aromatic carbocycles. The number of nitrogens with one attached hydrogen (secondary N) is 1. The molecule has 2 rings (SSSR count). The smallest absolute Gasteiger partial charge is 0.244 e. The van der Waals surface area contributed by atoms with Gasteiger partial charge in [0.2, 0.25) is 21.8 Å². The van der Waals surface area contributed by atoms with Crippen LogP contribution < -0.4 is 14.4 Å². The zero-order valence-corrected chi connectivity index (χ0v) is 21.1. The molecule has 0 aliphatic rings. The zero-order chi connectivity index (χ0) is 25.7. The van der Waals surface area contributed by atoms with Crippen LogP contribution in [0, 0.1) is 5.82 Å². The third-order valence-electron chi connectivity index (χ3n) is 4.98. The third kappa shape index (κ3) is 7.44. The lowest BCUT2D eigenvalue weighted by atomic mass is 10.1. The fourth-order valence-corrected chi connectivity index (χ4v) is 4.09. The minimum atomic E-state index is -3.87. The normalized spacial score (nSPS) is 12.6. The summed E-state index contributed by atoms with van der Waals surface area (Å²) in [7, 11) is -2.43. The molecule has 0 bridgehead atoms. The molecule has 0 saturated carbocycles. The molecule has 0 aliphatic carbocycles. The first kappa shape index (κ1) is 27.1. The van der Waals surface area contributed by atoms with E-state index in [-0.39, 0.29) is 17.8 Å². The van der Waals surface area contributed by atoms with Crippen LogP contribution in [-0.4, -0.2) is 56.6 Å². The number of sulfonamides is 1. The van der Waals surface area contributed by atoms with Crippen molar-refractivity contribution in [3.05, 3.63) is 59.9 Å². The number of amides is 2. The quantitative estimate of drug-likeness (QED) is 0.580. The number of carbonyl (C=O) groups is 2. The van der Waals surface area contributed by atoms with Gasteiger partial charge in [0.25, 0.3) is 0 Å². The molecule has 34 heavy (non-hydrogen) atoms. The summed E-state index contributed by atoms with van der Waals surface area (Å²) in [4.78, 5) is 27.5. The molecule has 2 aromatic rings. The van der Waals surface area contributed by atoms with E-state index in [9.17, 15) is 22.4 Å². The summed E-state index contributed by atoms with van der Waals surface area (Å²) in [6.07, 6.45) is 0.983. The van der Waals surface area contributed by atoms with Gasteiger partial charge >= 0.3 is 0 Å². The summed E-state index contributed by atoms with van der Waals surface area (Å²) < 4.78 is 45.6. The lowest BCUT2D eigenvalue weighted by Gasteiger charge is -2.33. The van der Waals surface area contributed by atoms with Crippen LogP contribution in [0.4, 0.5) is 10.1 Å². The van der Waals surface area contributed by atoms with E-state index in [0.29, 0.717) is 5.75 Å². The first-order valence-corrected chi connectivity index (χ1v) is 12.5. The number of anilines is 1. The number of carbonyl (C=O) groups excluding carboxylic acids is 2. The van der Waals surface area contributed by atoms with Crippen LogP contribution in [0.1, 0.15) is 33.3 Å². The summed E-state index contributed by atoms with van der Waals surface area (Å²) in [6.45, 7) is 6.14. The van der Waals surface area contributed by atoms with Crippen molar-refractivity contribution in [3.8, 4) is 5.75 Å². The number of benzene rings is 2. The second kappa shape index (κ2) is 10.9. The summed E-state index contributed by atoms with van der Waals surface area (Å²) >= 11 is 0. The Morgan fingerprint density at radius 1 is 1.12 bits per heavy atom. The first-order chi connectivity index (χ1) is 15.7. The summed E-state index contributed by atoms with van der Waals surface area (Å²) in [5.74, 6) is -1.21. The van der Waals surface area contributed by atoms with Crippen LogP contribution in [0.2, 0.25) is 0 Å². The third-order valence-corrected chi connectivity index (χ3v) is 6.13. The van der Waals surface area contributed by atoms with Crippen molar-refractivity contribution in [1.82, 2.24) is 10.2 Å². The Hall–Kier alpha value is -3.14. The molecule has 0 aliphatic heterocycles. The van der Waals surface area contributed by atoms with E-state index in [2.05, 4.69) is 5.32 Å². The highest BCUT2D eigenvalue weighted by molar-refractivity contribution is 7.92. The minimum absolute atomic E-state index is 0.207. The van der Waals surface area contributed by atoms with E-state index in [1.54, 1.807) is 39.0 Å². The van der Waals surface area contributed by atoms with Crippen molar-refractivity contribution in [3.63, 3.8) is 0 Å². The molecule has 1 N–H and O–H groups in total. The molecular formula is C24H32FN3O5S. The Labute approximate surface area is 200 Å². The van der Waals surface area contributed by atoms with Gasteiger partial charge in [0.05, 0.1) is 19.1 Å². The second-order valence-electron chi connectivity index (χ2n) is 9.00. The molecule has 0 heterocycles. The molecule has 186 valence electrons. The van der Waals surface area contributed by atoms with Crippen molar-refractivity contribution >= 4 is 27.5 Å². The average Bonchev–Trinajstić information content (AvgIpc) is 2.74. The Balaban J connectivity index is 2.43. The molecule has 10 heteroatoms. The zero-order valence-electron chi connectivity index (χ0n) is 20.3. The van der Waals surface area contributed by atoms with Crippen molar-refractivity contribution in [2.45, 2.75) is 45.8 Å². The maximum Gasteiger partial charge on any atom is 0.244 e. The highest BCUT2D eigenvalue weighted by Gasteiger charge is 2.31. The van der Waals surface area contributed by atoms with Gasteiger partial charge in [-0.2, -0.15) is 0 Å². The summed E-state index contributed by atoms with van der Waals surface area (Å²) in [5.41, 5.74) is -0.122. The summed E-state index contributed by atoms with van der Waals surface area (Å²) in [6, 6.07) is 11.2. The van der Waals surface area contributed by atoms with Crippen LogP contribution in [0.5, 0.6) is 5.75 Å². The number of rotatable bonds is 9. The molecule has 1 atom stereocenters. The average molecular weight is 494 g/mol.